The van der Waals surface area contributed by atoms with Crippen LogP contribution >= 0.6 is 0 Å². The van der Waals surface area contributed by atoms with E-state index in [1.807, 2.05) is 7.05 Å². The van der Waals surface area contributed by atoms with Gasteiger partial charge in [-0.25, -0.2) is 9.97 Å². The molecule has 1 aliphatic heterocycles. The maximum Gasteiger partial charge on any atom is 0.134 e. The molecule has 0 amide bonds. The van der Waals surface area contributed by atoms with Crippen LogP contribution in [-0.4, -0.2) is 42.2 Å². The first kappa shape index (κ1) is 11.7. The number of rotatable bonds is 4. The van der Waals surface area contributed by atoms with E-state index in [-0.39, 0.29) is 0 Å². The number of aromatic nitrogens is 2. The first-order valence-corrected chi connectivity index (χ1v) is 6.86. The van der Waals surface area contributed by atoms with E-state index in [2.05, 4.69) is 31.6 Å². The van der Waals surface area contributed by atoms with Crippen LogP contribution in [0.3, 0.4) is 0 Å². The summed E-state index contributed by atoms with van der Waals surface area (Å²) in [5.41, 5.74) is 0. The summed E-state index contributed by atoms with van der Waals surface area (Å²) in [5.74, 6) is 2.02. The van der Waals surface area contributed by atoms with Gasteiger partial charge in [0, 0.05) is 31.2 Å². The van der Waals surface area contributed by atoms with Gasteiger partial charge < -0.3 is 15.5 Å². The van der Waals surface area contributed by atoms with Crippen LogP contribution in [-0.2, 0) is 0 Å². The highest BCUT2D eigenvalue weighted by atomic mass is 15.2. The third-order valence-electron chi connectivity index (χ3n) is 3.74. The van der Waals surface area contributed by atoms with Gasteiger partial charge >= 0.3 is 0 Å². The minimum absolute atomic E-state index is 0.577. The second kappa shape index (κ2) is 5.10. The van der Waals surface area contributed by atoms with Gasteiger partial charge in [0.25, 0.3) is 0 Å². The fourth-order valence-corrected chi connectivity index (χ4v) is 2.46. The van der Waals surface area contributed by atoms with Crippen molar-refractivity contribution in [3.8, 4) is 0 Å². The summed E-state index contributed by atoms with van der Waals surface area (Å²) >= 11 is 0. The summed E-state index contributed by atoms with van der Waals surface area (Å²) < 4.78 is 0. The molecule has 2 aliphatic rings. The zero-order chi connectivity index (χ0) is 12.4. The molecule has 0 bridgehead atoms. The molecule has 1 aromatic rings. The van der Waals surface area contributed by atoms with Crippen LogP contribution in [0.5, 0.6) is 0 Å². The van der Waals surface area contributed by atoms with Crippen molar-refractivity contribution in [1.82, 2.24) is 15.3 Å². The van der Waals surface area contributed by atoms with Crippen molar-refractivity contribution >= 4 is 11.6 Å². The SMILES string of the molecule is CN[C@@H]1CCCN(c2cc(NC3CC3)ncn2)C1. The van der Waals surface area contributed by atoms with Crippen molar-refractivity contribution < 1.29 is 0 Å². The van der Waals surface area contributed by atoms with Gasteiger partial charge in [0.2, 0.25) is 0 Å². The molecule has 2 fully saturated rings. The zero-order valence-electron chi connectivity index (χ0n) is 10.9. The monoisotopic (exact) mass is 247 g/mol. The molecule has 2 N–H and O–H groups in total. The second-order valence-corrected chi connectivity index (χ2v) is 5.25. The summed E-state index contributed by atoms with van der Waals surface area (Å²) in [6.45, 7) is 2.13. The molecule has 98 valence electrons. The van der Waals surface area contributed by atoms with Crippen LogP contribution in [0.25, 0.3) is 0 Å². The van der Waals surface area contributed by atoms with Crippen LogP contribution < -0.4 is 15.5 Å². The number of hydrogen-bond acceptors (Lipinski definition) is 5. The quantitative estimate of drug-likeness (QED) is 0.838. The Morgan fingerprint density at radius 3 is 2.89 bits per heavy atom. The highest BCUT2D eigenvalue weighted by molar-refractivity contribution is 5.49. The molecule has 0 unspecified atom stereocenters. The summed E-state index contributed by atoms with van der Waals surface area (Å²) in [7, 11) is 2.04. The molecular weight excluding hydrogens is 226 g/mol. The fraction of sp³-hybridized carbons (Fsp3) is 0.692. The Hall–Kier alpha value is -1.36. The predicted molar refractivity (Wildman–Crippen MR) is 73.0 cm³/mol. The Labute approximate surface area is 108 Å². The van der Waals surface area contributed by atoms with E-state index in [4.69, 9.17) is 0 Å². The Balaban J connectivity index is 1.69. The van der Waals surface area contributed by atoms with Gasteiger partial charge in [-0.2, -0.15) is 0 Å². The molecule has 18 heavy (non-hydrogen) atoms. The molecule has 0 radical (unpaired) electrons. The highest BCUT2D eigenvalue weighted by Crippen LogP contribution is 2.25. The van der Waals surface area contributed by atoms with Crippen LogP contribution in [0, 0.1) is 0 Å². The van der Waals surface area contributed by atoms with Crippen molar-refractivity contribution in [2.75, 3.05) is 30.4 Å². The minimum atomic E-state index is 0.577. The zero-order valence-corrected chi connectivity index (χ0v) is 10.9. The first-order chi connectivity index (χ1) is 8.85. The minimum Gasteiger partial charge on any atom is -0.367 e. The Morgan fingerprint density at radius 2 is 2.11 bits per heavy atom. The van der Waals surface area contributed by atoms with E-state index >= 15 is 0 Å². The Bertz CT molecular complexity index is 404. The van der Waals surface area contributed by atoms with Crippen molar-refractivity contribution in [2.24, 2.45) is 0 Å². The summed E-state index contributed by atoms with van der Waals surface area (Å²) in [6.07, 6.45) is 6.69. The molecule has 1 saturated heterocycles. The average molecular weight is 247 g/mol. The maximum absolute atomic E-state index is 4.41. The van der Waals surface area contributed by atoms with E-state index < -0.39 is 0 Å². The van der Waals surface area contributed by atoms with Crippen LogP contribution in [0.4, 0.5) is 11.6 Å². The average Bonchev–Trinajstić information content (AvgIpc) is 3.23. The van der Waals surface area contributed by atoms with Gasteiger partial charge in [-0.15, -0.1) is 0 Å². The standard InChI is InChI=1S/C13H21N5/c1-14-11-3-2-6-18(8-11)13-7-12(15-9-16-13)17-10-4-5-10/h7,9-11,14H,2-6,8H2,1H3,(H,15,16,17)/t11-/m1/s1. The number of nitrogens with one attached hydrogen (secondary N) is 2. The van der Waals surface area contributed by atoms with E-state index in [0.29, 0.717) is 12.1 Å². The van der Waals surface area contributed by atoms with Gasteiger partial charge in [-0.05, 0) is 32.7 Å². The predicted octanol–water partition coefficient (Wildman–Crippen LogP) is 1.24. The van der Waals surface area contributed by atoms with Crippen LogP contribution in [0.15, 0.2) is 12.4 Å². The lowest BCUT2D eigenvalue weighted by Gasteiger charge is -2.33. The fourth-order valence-electron chi connectivity index (χ4n) is 2.46. The molecular formula is C13H21N5. The Kier molecular flexibility index (Phi) is 3.32. The molecule has 0 spiro atoms. The maximum atomic E-state index is 4.41. The van der Waals surface area contributed by atoms with Crippen LogP contribution in [0.1, 0.15) is 25.7 Å². The Morgan fingerprint density at radius 1 is 1.22 bits per heavy atom. The molecule has 0 aromatic carbocycles. The number of likely N-dealkylation sites (N-methyl/N-ethyl adjacent to an activating group) is 1. The molecule has 5 heteroatoms. The van der Waals surface area contributed by atoms with E-state index in [1.165, 1.54) is 25.7 Å². The van der Waals surface area contributed by atoms with E-state index in [0.717, 1.165) is 24.7 Å². The van der Waals surface area contributed by atoms with Gasteiger partial charge in [0.05, 0.1) is 0 Å². The van der Waals surface area contributed by atoms with Gasteiger partial charge in [-0.1, -0.05) is 0 Å². The molecule has 5 nitrogen and oxygen atoms in total. The first-order valence-electron chi connectivity index (χ1n) is 6.86. The smallest absolute Gasteiger partial charge is 0.134 e. The molecule has 1 aromatic heterocycles. The third kappa shape index (κ3) is 2.72. The van der Waals surface area contributed by atoms with Crippen molar-refractivity contribution in [1.29, 1.82) is 0 Å². The molecule has 1 saturated carbocycles. The largest absolute Gasteiger partial charge is 0.367 e. The number of piperidine rings is 1. The van der Waals surface area contributed by atoms with E-state index in [1.54, 1.807) is 6.33 Å². The second-order valence-electron chi connectivity index (χ2n) is 5.25. The van der Waals surface area contributed by atoms with Gasteiger partial charge in [0.1, 0.15) is 18.0 Å². The van der Waals surface area contributed by atoms with Crippen molar-refractivity contribution in [2.45, 2.75) is 37.8 Å². The molecule has 1 atom stereocenters. The summed E-state index contributed by atoms with van der Waals surface area (Å²) in [5, 5.41) is 6.79. The normalized spacial score (nSPS) is 24.1. The van der Waals surface area contributed by atoms with Gasteiger partial charge in [0.15, 0.2) is 0 Å². The molecule has 3 rings (SSSR count). The number of hydrogen-bond donors (Lipinski definition) is 2. The lowest BCUT2D eigenvalue weighted by molar-refractivity contribution is 0.447. The van der Waals surface area contributed by atoms with Crippen molar-refractivity contribution in [3.63, 3.8) is 0 Å². The highest BCUT2D eigenvalue weighted by Gasteiger charge is 2.23. The van der Waals surface area contributed by atoms with Gasteiger partial charge in [-0.3, -0.25) is 0 Å². The topological polar surface area (TPSA) is 53.1 Å². The molecule has 1 aliphatic carbocycles. The number of nitrogens with zero attached hydrogens (tertiary/aromatic N) is 3. The van der Waals surface area contributed by atoms with Crippen molar-refractivity contribution in [3.05, 3.63) is 12.4 Å². The lowest BCUT2D eigenvalue weighted by atomic mass is 10.1. The van der Waals surface area contributed by atoms with E-state index in [9.17, 15) is 0 Å². The lowest BCUT2D eigenvalue weighted by Crippen LogP contribution is -2.44. The molecule has 2 heterocycles. The van der Waals surface area contributed by atoms with Crippen LogP contribution in [0.2, 0.25) is 0 Å². The number of anilines is 2. The third-order valence-corrected chi connectivity index (χ3v) is 3.74. The summed E-state index contributed by atoms with van der Waals surface area (Å²) in [4.78, 5) is 11.0. The summed E-state index contributed by atoms with van der Waals surface area (Å²) in [6, 6.07) is 3.30.